The van der Waals surface area contributed by atoms with Gasteiger partial charge in [-0.1, -0.05) is 13.8 Å². The van der Waals surface area contributed by atoms with Crippen molar-refractivity contribution in [3.05, 3.63) is 23.8 Å². The molecule has 1 heterocycles. The van der Waals surface area contributed by atoms with Crippen molar-refractivity contribution >= 4 is 11.8 Å². The van der Waals surface area contributed by atoms with Crippen LogP contribution in [0.2, 0.25) is 0 Å². The molecule has 144 valence electrons. The minimum absolute atomic E-state index is 0.0295. The van der Waals surface area contributed by atoms with Crippen LogP contribution >= 0.6 is 0 Å². The Labute approximate surface area is 155 Å². The fraction of sp³-hybridized carbons (Fsp3) is 0.600. The first-order chi connectivity index (χ1) is 12.4. The van der Waals surface area contributed by atoms with Gasteiger partial charge >= 0.3 is 0 Å². The molecule has 2 rings (SSSR count). The van der Waals surface area contributed by atoms with Gasteiger partial charge in [0.25, 0.3) is 0 Å². The van der Waals surface area contributed by atoms with Crippen LogP contribution in [0.3, 0.4) is 0 Å². The van der Waals surface area contributed by atoms with Crippen molar-refractivity contribution in [2.45, 2.75) is 46.1 Å². The number of carbonyl (C=O) groups is 2. The van der Waals surface area contributed by atoms with E-state index in [1.165, 1.54) is 0 Å². The Morgan fingerprint density at radius 3 is 2.19 bits per heavy atom. The van der Waals surface area contributed by atoms with Gasteiger partial charge in [-0.2, -0.15) is 0 Å². The zero-order chi connectivity index (χ0) is 19.2. The molecule has 0 spiro atoms. The van der Waals surface area contributed by atoms with E-state index < -0.39 is 5.41 Å². The Morgan fingerprint density at radius 1 is 1.12 bits per heavy atom. The SMILES string of the molecule is CCCC(=O)N1CCC(C)(C(=O)NCc2cc(OC)cc(OC)c2)CC1. The molecule has 0 unspecified atom stereocenters. The number of rotatable bonds is 7. The van der Waals surface area contributed by atoms with Crippen molar-refractivity contribution < 1.29 is 19.1 Å². The van der Waals surface area contributed by atoms with Gasteiger partial charge in [0.15, 0.2) is 0 Å². The minimum atomic E-state index is -0.439. The maximum Gasteiger partial charge on any atom is 0.226 e. The highest BCUT2D eigenvalue weighted by Gasteiger charge is 2.37. The number of amides is 2. The van der Waals surface area contributed by atoms with Crippen LogP contribution in [-0.4, -0.2) is 44.0 Å². The van der Waals surface area contributed by atoms with Crippen LogP contribution in [0.25, 0.3) is 0 Å². The topological polar surface area (TPSA) is 67.9 Å². The highest BCUT2D eigenvalue weighted by molar-refractivity contribution is 5.83. The van der Waals surface area contributed by atoms with Crippen molar-refractivity contribution in [2.24, 2.45) is 5.41 Å². The van der Waals surface area contributed by atoms with E-state index in [4.69, 9.17) is 9.47 Å². The molecule has 1 aliphatic rings. The number of likely N-dealkylation sites (tertiary alicyclic amines) is 1. The van der Waals surface area contributed by atoms with Crippen LogP contribution in [0.15, 0.2) is 18.2 Å². The van der Waals surface area contributed by atoms with E-state index in [2.05, 4.69) is 5.32 Å². The molecule has 0 bridgehead atoms. The summed E-state index contributed by atoms with van der Waals surface area (Å²) in [5.74, 6) is 1.62. The lowest BCUT2D eigenvalue weighted by atomic mass is 9.79. The first kappa shape index (κ1) is 20.1. The summed E-state index contributed by atoms with van der Waals surface area (Å²) in [6.07, 6.45) is 2.82. The van der Waals surface area contributed by atoms with E-state index in [-0.39, 0.29) is 11.8 Å². The Morgan fingerprint density at radius 2 is 1.69 bits per heavy atom. The lowest BCUT2D eigenvalue weighted by Crippen LogP contribution is -2.48. The van der Waals surface area contributed by atoms with Crippen molar-refractivity contribution in [1.29, 1.82) is 0 Å². The summed E-state index contributed by atoms with van der Waals surface area (Å²) in [5, 5.41) is 3.03. The number of piperidine rings is 1. The summed E-state index contributed by atoms with van der Waals surface area (Å²) >= 11 is 0. The summed E-state index contributed by atoms with van der Waals surface area (Å²) in [4.78, 5) is 26.6. The Bertz CT molecular complexity index is 614. The lowest BCUT2D eigenvalue weighted by molar-refractivity contribution is -0.139. The molecule has 0 aliphatic carbocycles. The zero-order valence-corrected chi connectivity index (χ0v) is 16.3. The summed E-state index contributed by atoms with van der Waals surface area (Å²) in [7, 11) is 3.21. The van der Waals surface area contributed by atoms with Crippen molar-refractivity contribution in [1.82, 2.24) is 10.2 Å². The molecule has 1 N–H and O–H groups in total. The standard InChI is InChI=1S/C20H30N2O4/c1-5-6-18(23)22-9-7-20(2,8-10-22)19(24)21-14-15-11-16(25-3)13-17(12-15)26-4/h11-13H,5-10,14H2,1-4H3,(H,21,24). The van der Waals surface area contributed by atoms with Gasteiger partial charge in [-0.3, -0.25) is 9.59 Å². The summed E-state index contributed by atoms with van der Waals surface area (Å²) < 4.78 is 10.5. The fourth-order valence-corrected chi connectivity index (χ4v) is 3.21. The van der Waals surface area contributed by atoms with Gasteiger partial charge in [0.05, 0.1) is 14.2 Å². The number of ether oxygens (including phenoxy) is 2. The molecule has 1 aromatic carbocycles. The highest BCUT2D eigenvalue weighted by atomic mass is 16.5. The molecule has 0 aromatic heterocycles. The van der Waals surface area contributed by atoms with Crippen LogP contribution in [0.5, 0.6) is 11.5 Å². The largest absolute Gasteiger partial charge is 0.497 e. The van der Waals surface area contributed by atoms with Crippen LogP contribution in [0.1, 0.15) is 45.1 Å². The normalized spacial score (nSPS) is 16.1. The molecule has 6 heteroatoms. The Kier molecular flexibility index (Phi) is 6.89. The number of carbonyl (C=O) groups excluding carboxylic acids is 2. The van der Waals surface area contributed by atoms with E-state index in [1.54, 1.807) is 20.3 Å². The molecule has 0 atom stereocenters. The van der Waals surface area contributed by atoms with Crippen LogP contribution in [0, 0.1) is 5.41 Å². The number of hydrogen-bond acceptors (Lipinski definition) is 4. The molecular weight excluding hydrogens is 332 g/mol. The second kappa shape index (κ2) is 8.92. The van der Waals surface area contributed by atoms with Gasteiger partial charge in [0.1, 0.15) is 11.5 Å². The molecular formula is C20H30N2O4. The van der Waals surface area contributed by atoms with Crippen molar-refractivity contribution in [3.8, 4) is 11.5 Å². The second-order valence-electron chi connectivity index (χ2n) is 7.10. The monoisotopic (exact) mass is 362 g/mol. The lowest BCUT2D eigenvalue weighted by Gasteiger charge is -2.38. The molecule has 1 saturated heterocycles. The first-order valence-corrected chi connectivity index (χ1v) is 9.20. The quantitative estimate of drug-likeness (QED) is 0.810. The number of nitrogens with one attached hydrogen (secondary N) is 1. The Balaban J connectivity index is 1.93. The third-order valence-corrected chi connectivity index (χ3v) is 5.10. The molecule has 26 heavy (non-hydrogen) atoms. The van der Waals surface area contributed by atoms with Gasteiger partial charge in [-0.15, -0.1) is 0 Å². The molecule has 2 amide bonds. The van der Waals surface area contributed by atoms with Gasteiger partial charge in [0.2, 0.25) is 11.8 Å². The number of hydrogen-bond donors (Lipinski definition) is 1. The van der Waals surface area contributed by atoms with Gasteiger partial charge in [-0.25, -0.2) is 0 Å². The third-order valence-electron chi connectivity index (χ3n) is 5.10. The summed E-state index contributed by atoms with van der Waals surface area (Å²) in [6, 6.07) is 5.57. The molecule has 0 saturated carbocycles. The van der Waals surface area contributed by atoms with Crippen molar-refractivity contribution in [2.75, 3.05) is 27.3 Å². The first-order valence-electron chi connectivity index (χ1n) is 9.20. The Hall–Kier alpha value is -2.24. The summed E-state index contributed by atoms with van der Waals surface area (Å²) in [6.45, 7) is 5.70. The fourth-order valence-electron chi connectivity index (χ4n) is 3.21. The van der Waals surface area contributed by atoms with Gasteiger partial charge < -0.3 is 19.7 Å². The molecule has 1 aliphatic heterocycles. The molecule has 6 nitrogen and oxygen atoms in total. The van der Waals surface area contributed by atoms with E-state index >= 15 is 0 Å². The van der Waals surface area contributed by atoms with Crippen molar-refractivity contribution in [3.63, 3.8) is 0 Å². The second-order valence-corrected chi connectivity index (χ2v) is 7.10. The third kappa shape index (κ3) is 4.90. The van der Waals surface area contributed by atoms with Crippen LogP contribution in [0.4, 0.5) is 0 Å². The average molecular weight is 362 g/mol. The average Bonchev–Trinajstić information content (AvgIpc) is 2.66. The summed E-state index contributed by atoms with van der Waals surface area (Å²) in [5.41, 5.74) is 0.486. The highest BCUT2D eigenvalue weighted by Crippen LogP contribution is 2.31. The molecule has 1 fully saturated rings. The van der Waals surface area contributed by atoms with E-state index in [1.807, 2.05) is 30.9 Å². The van der Waals surface area contributed by atoms with Crippen LogP contribution in [-0.2, 0) is 16.1 Å². The van der Waals surface area contributed by atoms with E-state index in [0.29, 0.717) is 50.4 Å². The predicted octanol–water partition coefficient (Wildman–Crippen LogP) is 2.75. The minimum Gasteiger partial charge on any atom is -0.497 e. The zero-order valence-electron chi connectivity index (χ0n) is 16.3. The molecule has 0 radical (unpaired) electrons. The maximum absolute atomic E-state index is 12.7. The van der Waals surface area contributed by atoms with E-state index in [9.17, 15) is 9.59 Å². The predicted molar refractivity (Wildman–Crippen MR) is 100 cm³/mol. The number of methoxy groups -OCH3 is 2. The van der Waals surface area contributed by atoms with Gasteiger partial charge in [0, 0.05) is 37.5 Å². The van der Waals surface area contributed by atoms with Crippen LogP contribution < -0.4 is 14.8 Å². The maximum atomic E-state index is 12.7. The van der Waals surface area contributed by atoms with Gasteiger partial charge in [-0.05, 0) is 37.0 Å². The van der Waals surface area contributed by atoms with E-state index in [0.717, 1.165) is 12.0 Å². The number of nitrogens with zero attached hydrogens (tertiary/aromatic N) is 1. The smallest absolute Gasteiger partial charge is 0.226 e. The number of benzene rings is 1. The molecule has 1 aromatic rings.